The molecule has 0 aliphatic rings. The van der Waals surface area contributed by atoms with E-state index in [-0.39, 0.29) is 0 Å². The fourth-order valence-corrected chi connectivity index (χ4v) is 4.37. The lowest BCUT2D eigenvalue weighted by molar-refractivity contribution is 0.258. The fourth-order valence-electron chi connectivity index (χ4n) is 2.20. The monoisotopic (exact) mass is 372 g/mol. The lowest BCUT2D eigenvalue weighted by Crippen LogP contribution is -2.07. The van der Waals surface area contributed by atoms with Gasteiger partial charge in [0, 0.05) is 0 Å². The Morgan fingerprint density at radius 1 is 0.609 bits per heavy atom. The van der Waals surface area contributed by atoms with Crippen LogP contribution in [0.2, 0.25) is 0 Å². The lowest BCUT2D eigenvalue weighted by Gasteiger charge is -2.15. The Bertz CT molecular complexity index is 291. The van der Waals surface area contributed by atoms with Crippen LogP contribution in [0, 0.1) is 0 Å². The van der Waals surface area contributed by atoms with Crippen LogP contribution in [0.25, 0.3) is 0 Å². The molecule has 7 heteroatoms. The number of rotatable bonds is 16. The molecule has 0 atom stereocenters. The van der Waals surface area contributed by atoms with Gasteiger partial charge in [-0.2, -0.15) is 0 Å². The van der Waals surface area contributed by atoms with Gasteiger partial charge < -0.3 is 14.7 Å². The largest absolute Gasteiger partial charge is 0.328 e. The number of hydrogen-bond donors (Lipinski definition) is 3. The molecular weight excluding hydrogens is 335 g/mol. The van der Waals surface area contributed by atoms with Crippen LogP contribution in [-0.2, 0) is 19.0 Å². The van der Waals surface area contributed by atoms with Gasteiger partial charge in [0.1, 0.15) is 0 Å². The molecule has 0 bridgehead atoms. The van der Waals surface area contributed by atoms with Gasteiger partial charge in [0.15, 0.2) is 10.6 Å². The van der Waals surface area contributed by atoms with Gasteiger partial charge in [-0.05, 0) is 12.8 Å². The zero-order valence-corrected chi connectivity index (χ0v) is 16.6. The summed E-state index contributed by atoms with van der Waals surface area (Å²) in [4.78, 5) is 28.2. The summed E-state index contributed by atoms with van der Waals surface area (Å²) in [5.41, 5.74) is 0. The van der Waals surface area contributed by atoms with Crippen LogP contribution in [-0.4, -0.2) is 27.9 Å². The van der Waals surface area contributed by atoms with E-state index in [9.17, 15) is 14.7 Å². The molecule has 0 rings (SSSR count). The van der Waals surface area contributed by atoms with Gasteiger partial charge in [-0.25, -0.2) is 0 Å². The van der Waals surface area contributed by atoms with Gasteiger partial charge in [-0.15, -0.1) is 0 Å². The van der Waals surface area contributed by atoms with Gasteiger partial charge in [-0.1, -0.05) is 78.1 Å². The molecule has 0 unspecified atom stereocenters. The smallest absolute Gasteiger partial charge is 0.326 e. The predicted octanol–water partition coefficient (Wildman–Crippen LogP) is 4.84. The first-order valence-electron chi connectivity index (χ1n) is 9.11. The maximum Gasteiger partial charge on any atom is 0.328 e. The van der Waals surface area contributed by atoms with Crippen molar-refractivity contribution in [2.24, 2.45) is 0 Å². The molecule has 5 nitrogen and oxygen atoms in total. The summed E-state index contributed by atoms with van der Waals surface area (Å²) in [6.45, 7) is 1.09. The molecule has 0 aromatic carbocycles. The van der Waals surface area contributed by atoms with Crippen LogP contribution >= 0.6 is 6.72 Å². The van der Waals surface area contributed by atoms with E-state index in [1.807, 2.05) is 0 Å². The Morgan fingerprint density at radius 3 is 1.30 bits per heavy atom. The highest BCUT2D eigenvalue weighted by atomic mass is 32.5. The number of hydrogen-bond acceptors (Lipinski definition) is 2. The average Bonchev–Trinajstić information content (AvgIpc) is 2.50. The highest BCUT2D eigenvalue weighted by molar-refractivity contribution is 8.22. The summed E-state index contributed by atoms with van der Waals surface area (Å²) >= 11 is 0. The second-order valence-electron chi connectivity index (χ2n) is 5.91. The average molecular weight is 373 g/mol. The predicted molar refractivity (Wildman–Crippen MR) is 99.6 cm³/mol. The molecule has 0 aliphatic carbocycles. The third-order valence-corrected chi connectivity index (χ3v) is 6.53. The molecule has 0 fully saturated rings. The van der Waals surface area contributed by atoms with Crippen molar-refractivity contribution in [3.63, 3.8) is 0 Å². The third-order valence-electron chi connectivity index (χ3n) is 3.56. The van der Waals surface area contributed by atoms with E-state index in [2.05, 4.69) is 13.8 Å². The molecule has 0 saturated carbocycles. The van der Waals surface area contributed by atoms with Crippen LogP contribution in [0.4, 0.5) is 0 Å². The van der Waals surface area contributed by atoms with Crippen molar-refractivity contribution in [1.29, 1.82) is 0 Å². The summed E-state index contributed by atoms with van der Waals surface area (Å²) in [6.07, 6.45) is 13.6. The maximum absolute atomic E-state index is 9.41. The standard InChI is InChI=1S/C16H37O5PS/c1-3-5-7-9-11-13-15-20-23(22(17,18)19)21-16-14-12-10-8-6-4-2/h17-19H,3-16H2,1-2H3. The zero-order valence-electron chi connectivity index (χ0n) is 14.9. The summed E-state index contributed by atoms with van der Waals surface area (Å²) in [5, 5.41) is 0. The maximum atomic E-state index is 9.41. The molecule has 0 radical (unpaired) electrons. The molecule has 0 aliphatic heterocycles. The highest BCUT2D eigenvalue weighted by Gasteiger charge is 2.15. The molecule has 0 spiro atoms. The summed E-state index contributed by atoms with van der Waals surface area (Å²) < 4.78 is 10.7. The first-order valence-corrected chi connectivity index (χ1v) is 12.4. The van der Waals surface area contributed by atoms with E-state index in [1.54, 1.807) is 0 Å². The molecule has 0 amide bonds. The number of unbranched alkanes of at least 4 members (excludes halogenated alkanes) is 10. The molecule has 0 heterocycles. The minimum Gasteiger partial charge on any atom is -0.326 e. The van der Waals surface area contributed by atoms with E-state index in [4.69, 9.17) is 8.37 Å². The van der Waals surface area contributed by atoms with E-state index in [1.165, 1.54) is 51.4 Å². The lowest BCUT2D eigenvalue weighted by atomic mass is 10.1. The first kappa shape index (κ1) is 23.6. The van der Waals surface area contributed by atoms with Crippen LogP contribution in [0.15, 0.2) is 0 Å². The Kier molecular flexibility index (Phi) is 16.5. The minimum atomic E-state index is -4.07. The third kappa shape index (κ3) is 15.8. The summed E-state index contributed by atoms with van der Waals surface area (Å²) in [6, 6.07) is 0. The highest BCUT2D eigenvalue weighted by Crippen LogP contribution is 2.37. The van der Waals surface area contributed by atoms with Gasteiger partial charge in [-0.3, -0.25) is 8.37 Å². The van der Waals surface area contributed by atoms with Crippen molar-refractivity contribution in [3.05, 3.63) is 0 Å². The van der Waals surface area contributed by atoms with Crippen molar-refractivity contribution in [2.45, 2.75) is 90.9 Å². The van der Waals surface area contributed by atoms with Crippen molar-refractivity contribution in [3.8, 4) is 0 Å². The fraction of sp³-hybridized carbons (Fsp3) is 1.00. The van der Waals surface area contributed by atoms with Crippen molar-refractivity contribution in [1.82, 2.24) is 0 Å². The summed E-state index contributed by atoms with van der Waals surface area (Å²) in [7, 11) is -1.58. The zero-order chi connectivity index (χ0) is 17.4. The van der Waals surface area contributed by atoms with Gasteiger partial charge in [0.25, 0.3) is 0 Å². The van der Waals surface area contributed by atoms with E-state index >= 15 is 0 Å². The van der Waals surface area contributed by atoms with E-state index < -0.39 is 17.4 Å². The quantitative estimate of drug-likeness (QED) is 0.267. The van der Waals surface area contributed by atoms with Crippen LogP contribution in [0.1, 0.15) is 90.9 Å². The molecular formula is C16H37O5PS. The summed E-state index contributed by atoms with van der Waals surface area (Å²) in [5.74, 6) is 0. The minimum absolute atomic E-state index is 0.398. The normalized spacial score (nSPS) is 12.3. The second kappa shape index (κ2) is 16.1. The molecule has 23 heavy (non-hydrogen) atoms. The Morgan fingerprint density at radius 2 is 0.957 bits per heavy atom. The van der Waals surface area contributed by atoms with Gasteiger partial charge in [0.2, 0.25) is 0 Å². The molecule has 0 aromatic rings. The SMILES string of the molecule is CCCCCCCCOS(OCCCCCCCC)=P(O)(O)O. The van der Waals surface area contributed by atoms with E-state index in [0.29, 0.717) is 13.2 Å². The Labute approximate surface area is 145 Å². The molecule has 142 valence electrons. The van der Waals surface area contributed by atoms with Crippen LogP contribution < -0.4 is 0 Å². The topological polar surface area (TPSA) is 79.2 Å². The van der Waals surface area contributed by atoms with Crippen LogP contribution in [0.3, 0.4) is 0 Å². The van der Waals surface area contributed by atoms with Gasteiger partial charge >= 0.3 is 6.72 Å². The first-order chi connectivity index (χ1) is 11.0. The molecule has 3 N–H and O–H groups in total. The second-order valence-corrected chi connectivity index (χ2v) is 10.2. The molecule has 0 saturated heterocycles. The Hall–Kier alpha value is 0.580. The Balaban J connectivity index is 3.80. The van der Waals surface area contributed by atoms with Crippen LogP contribution in [0.5, 0.6) is 0 Å². The van der Waals surface area contributed by atoms with Crippen molar-refractivity contribution < 1.29 is 23.0 Å². The van der Waals surface area contributed by atoms with Crippen molar-refractivity contribution >= 4 is 17.4 Å². The molecule has 0 aromatic heterocycles. The van der Waals surface area contributed by atoms with E-state index in [0.717, 1.165) is 25.7 Å². The van der Waals surface area contributed by atoms with Crippen molar-refractivity contribution in [2.75, 3.05) is 13.2 Å². The van der Waals surface area contributed by atoms with Gasteiger partial charge in [0.05, 0.1) is 13.2 Å².